The third kappa shape index (κ3) is 3.49. The van der Waals surface area contributed by atoms with Crippen molar-refractivity contribution in [1.29, 1.82) is 0 Å². The molecule has 2 N–H and O–H groups in total. The molecule has 0 bridgehead atoms. The van der Waals surface area contributed by atoms with Crippen molar-refractivity contribution in [2.45, 2.75) is 0 Å². The first-order chi connectivity index (χ1) is 2.77. The number of thiol groups is 1. The molecule has 0 saturated heterocycles. The third-order valence-corrected chi connectivity index (χ3v) is 0.623. The molecular weight excluding hydrogens is 102 g/mol. The lowest BCUT2D eigenvalue weighted by molar-refractivity contribution is 0.622. The average molecular weight is 107 g/mol. The quantitative estimate of drug-likeness (QED) is 0.424. The van der Waals surface area contributed by atoms with Gasteiger partial charge < -0.3 is 5.73 Å². The van der Waals surface area contributed by atoms with Crippen LogP contribution in [0.1, 0.15) is 0 Å². The summed E-state index contributed by atoms with van der Waals surface area (Å²) in [5.74, 6) is 0. The summed E-state index contributed by atoms with van der Waals surface area (Å²) < 4.78 is 18.9. The van der Waals surface area contributed by atoms with Crippen molar-refractivity contribution in [3.63, 3.8) is 0 Å². The largest absolute Gasteiger partial charge is 0.404 e. The van der Waals surface area contributed by atoms with Crippen LogP contribution in [0.25, 0.3) is 0 Å². The minimum atomic E-state index is -2.41. The van der Waals surface area contributed by atoms with E-state index >= 15 is 0 Å². The van der Waals surface area contributed by atoms with Gasteiger partial charge in [-0.25, -0.2) is 8.42 Å². The van der Waals surface area contributed by atoms with Crippen LogP contribution in [0.3, 0.4) is 0 Å². The van der Waals surface area contributed by atoms with E-state index in [-0.39, 0.29) is 0 Å². The van der Waals surface area contributed by atoms with Crippen LogP contribution < -0.4 is 5.73 Å². The molecule has 0 aromatic rings. The predicted molar refractivity (Wildman–Crippen MR) is 23.6 cm³/mol. The summed E-state index contributed by atoms with van der Waals surface area (Å²) in [6.07, 6.45) is 0.978. The minimum Gasteiger partial charge on any atom is -0.404 e. The van der Waals surface area contributed by atoms with Crippen molar-refractivity contribution in [2.24, 2.45) is 5.73 Å². The second-order valence-electron chi connectivity index (χ2n) is 0.627. The summed E-state index contributed by atoms with van der Waals surface area (Å²) in [4.78, 5) is 0. The van der Waals surface area contributed by atoms with Crippen LogP contribution in [0, 0.1) is 0 Å². The maximum atomic E-state index is 9.47. The molecule has 4 heteroatoms. The SMILES string of the molecule is N/C=C/[SH](=O)=O. The summed E-state index contributed by atoms with van der Waals surface area (Å²) in [5.41, 5.74) is 4.67. The minimum absolute atomic E-state index is 0.898. The Labute approximate surface area is 37.4 Å². The Hall–Kier alpha value is -0.510. The normalized spacial score (nSPS) is 10.8. The molecule has 0 amide bonds. The Bertz CT molecular complexity index is 107. The molecule has 0 atom stereocenters. The summed E-state index contributed by atoms with van der Waals surface area (Å²) in [7, 11) is -2.41. The van der Waals surface area contributed by atoms with E-state index in [0.29, 0.717) is 0 Å². The van der Waals surface area contributed by atoms with Crippen molar-refractivity contribution in [3.05, 3.63) is 11.6 Å². The lowest BCUT2D eigenvalue weighted by Gasteiger charge is -1.59. The van der Waals surface area contributed by atoms with Crippen molar-refractivity contribution >= 4 is 10.7 Å². The van der Waals surface area contributed by atoms with Crippen LogP contribution in [0.2, 0.25) is 0 Å². The molecule has 0 heterocycles. The van der Waals surface area contributed by atoms with Gasteiger partial charge in [0.15, 0.2) is 10.7 Å². The molecule has 0 rings (SSSR count). The Morgan fingerprint density at radius 2 is 2.00 bits per heavy atom. The van der Waals surface area contributed by atoms with Crippen LogP contribution in [0.4, 0.5) is 0 Å². The van der Waals surface area contributed by atoms with E-state index in [4.69, 9.17) is 0 Å². The van der Waals surface area contributed by atoms with E-state index in [1.165, 1.54) is 0 Å². The Morgan fingerprint density at radius 1 is 1.50 bits per heavy atom. The van der Waals surface area contributed by atoms with E-state index in [1.54, 1.807) is 0 Å². The highest BCUT2D eigenvalue weighted by atomic mass is 32.2. The molecule has 0 aliphatic carbocycles. The van der Waals surface area contributed by atoms with Gasteiger partial charge >= 0.3 is 0 Å². The zero-order chi connectivity index (χ0) is 4.99. The highest BCUT2D eigenvalue weighted by Gasteiger charge is 1.61. The van der Waals surface area contributed by atoms with Crippen LogP contribution in [0.5, 0.6) is 0 Å². The lowest BCUT2D eigenvalue weighted by Crippen LogP contribution is -1.75. The Kier molecular flexibility index (Phi) is 2.48. The Balaban J connectivity index is 3.62. The van der Waals surface area contributed by atoms with Gasteiger partial charge in [0.2, 0.25) is 0 Å². The number of hydrogen-bond donors (Lipinski definition) is 2. The second kappa shape index (κ2) is 2.71. The molecule has 0 unspecified atom stereocenters. The predicted octanol–water partition coefficient (Wildman–Crippen LogP) is -0.972. The molecule has 0 aromatic carbocycles. The van der Waals surface area contributed by atoms with Gasteiger partial charge in [0.05, 0.1) is 0 Å². The molecule has 0 aliphatic rings. The summed E-state index contributed by atoms with van der Waals surface area (Å²) in [6.45, 7) is 0. The molecule has 0 saturated carbocycles. The van der Waals surface area contributed by atoms with Crippen LogP contribution in [-0.4, -0.2) is 8.42 Å². The molecule has 0 aliphatic heterocycles. The van der Waals surface area contributed by atoms with Gasteiger partial charge in [-0.05, 0) is 0 Å². The van der Waals surface area contributed by atoms with Gasteiger partial charge in [-0.2, -0.15) is 0 Å². The van der Waals surface area contributed by atoms with E-state index in [0.717, 1.165) is 11.6 Å². The van der Waals surface area contributed by atoms with Gasteiger partial charge in [0, 0.05) is 11.6 Å². The van der Waals surface area contributed by atoms with Crippen LogP contribution in [0.15, 0.2) is 11.6 Å². The monoisotopic (exact) mass is 107 g/mol. The molecule has 0 aromatic heterocycles. The molecule has 36 valence electrons. The van der Waals surface area contributed by atoms with Gasteiger partial charge in [0.25, 0.3) is 0 Å². The standard InChI is InChI=1S/C2H5NO2S/c3-1-2-6(4)5/h1-2,6H,3H2/b2-1+. The highest BCUT2D eigenvalue weighted by molar-refractivity contribution is 7.75. The molecule has 3 nitrogen and oxygen atoms in total. The van der Waals surface area contributed by atoms with Gasteiger partial charge in [-0.1, -0.05) is 0 Å². The van der Waals surface area contributed by atoms with Crippen molar-refractivity contribution in [3.8, 4) is 0 Å². The first kappa shape index (κ1) is 5.49. The molecule has 0 fully saturated rings. The smallest absolute Gasteiger partial charge is 0.162 e. The van der Waals surface area contributed by atoms with Crippen molar-refractivity contribution in [2.75, 3.05) is 0 Å². The van der Waals surface area contributed by atoms with E-state index < -0.39 is 10.7 Å². The van der Waals surface area contributed by atoms with E-state index in [9.17, 15) is 8.42 Å². The lowest BCUT2D eigenvalue weighted by atomic mass is 11.1. The summed E-state index contributed by atoms with van der Waals surface area (Å²) in [6, 6.07) is 0. The van der Waals surface area contributed by atoms with Crippen LogP contribution >= 0.6 is 0 Å². The van der Waals surface area contributed by atoms with Crippen molar-refractivity contribution < 1.29 is 8.42 Å². The maximum absolute atomic E-state index is 9.47. The molecule has 0 radical (unpaired) electrons. The Morgan fingerprint density at radius 3 is 2.00 bits per heavy atom. The topological polar surface area (TPSA) is 60.2 Å². The van der Waals surface area contributed by atoms with Gasteiger partial charge in [0.1, 0.15) is 0 Å². The second-order valence-corrected chi connectivity index (χ2v) is 1.50. The molecule has 0 spiro atoms. The molecular formula is C2H5NO2S. The highest BCUT2D eigenvalue weighted by Crippen LogP contribution is 1.58. The zero-order valence-corrected chi connectivity index (χ0v) is 3.89. The summed E-state index contributed by atoms with van der Waals surface area (Å²) >= 11 is 0. The van der Waals surface area contributed by atoms with Gasteiger partial charge in [-0.15, -0.1) is 0 Å². The fraction of sp³-hybridized carbons (Fsp3) is 0. The molecule has 6 heavy (non-hydrogen) atoms. The van der Waals surface area contributed by atoms with E-state index in [1.807, 2.05) is 0 Å². The fourth-order valence-electron chi connectivity index (χ4n) is 0.0703. The third-order valence-electron chi connectivity index (χ3n) is 0.208. The number of nitrogens with two attached hydrogens (primary N) is 1. The fourth-order valence-corrected chi connectivity index (χ4v) is 0.211. The zero-order valence-electron chi connectivity index (χ0n) is 3.00. The van der Waals surface area contributed by atoms with Crippen molar-refractivity contribution in [1.82, 2.24) is 0 Å². The van der Waals surface area contributed by atoms with E-state index in [2.05, 4.69) is 5.73 Å². The van der Waals surface area contributed by atoms with Crippen LogP contribution in [-0.2, 0) is 10.7 Å². The average Bonchev–Trinajstić information content (AvgIpc) is 1.35. The number of rotatable bonds is 1. The first-order valence-corrected chi connectivity index (χ1v) is 2.54. The number of hydrogen-bond acceptors (Lipinski definition) is 3. The first-order valence-electron chi connectivity index (χ1n) is 1.29. The summed E-state index contributed by atoms with van der Waals surface area (Å²) in [5, 5.41) is 0.898. The maximum Gasteiger partial charge on any atom is 0.162 e. The van der Waals surface area contributed by atoms with Gasteiger partial charge in [-0.3, -0.25) is 0 Å².